The van der Waals surface area contributed by atoms with Gasteiger partial charge in [0, 0.05) is 12.6 Å². The number of aliphatic hydroxyl groups is 1. The highest BCUT2D eigenvalue weighted by molar-refractivity contribution is 5.70. The fourth-order valence-electron chi connectivity index (χ4n) is 1.53. The number of carbonyl (C=O) groups is 1. The number of carbonyl (C=O) groups excluding carboxylic acids is 1. The molecule has 106 valence electrons. The molecule has 1 unspecified atom stereocenters. The predicted molar refractivity (Wildman–Crippen MR) is 70.7 cm³/mol. The van der Waals surface area contributed by atoms with Crippen LogP contribution >= 0.6 is 0 Å². The SMILES string of the molecule is COC(=O)CC(O)CNc1cc(OC)ccc1OC. The molecule has 0 aliphatic heterocycles. The summed E-state index contributed by atoms with van der Waals surface area (Å²) in [5.41, 5.74) is 0.686. The van der Waals surface area contributed by atoms with Gasteiger partial charge in [-0.1, -0.05) is 0 Å². The quantitative estimate of drug-likeness (QED) is 0.720. The molecule has 0 heterocycles. The predicted octanol–water partition coefficient (Wildman–Crippen LogP) is 1.04. The number of ether oxygens (including phenoxy) is 3. The van der Waals surface area contributed by atoms with Crippen LogP contribution in [0.15, 0.2) is 18.2 Å². The first-order valence-electron chi connectivity index (χ1n) is 5.81. The summed E-state index contributed by atoms with van der Waals surface area (Å²) in [4.78, 5) is 11.0. The molecule has 0 bridgehead atoms. The van der Waals surface area contributed by atoms with Crippen LogP contribution in [0.1, 0.15) is 6.42 Å². The maximum Gasteiger partial charge on any atom is 0.308 e. The van der Waals surface area contributed by atoms with Crippen LogP contribution in [-0.4, -0.2) is 45.1 Å². The van der Waals surface area contributed by atoms with Gasteiger partial charge >= 0.3 is 5.97 Å². The van der Waals surface area contributed by atoms with Crippen molar-refractivity contribution in [2.45, 2.75) is 12.5 Å². The van der Waals surface area contributed by atoms with Gasteiger partial charge in [0.25, 0.3) is 0 Å². The highest BCUT2D eigenvalue weighted by Crippen LogP contribution is 2.28. The van der Waals surface area contributed by atoms with E-state index in [0.29, 0.717) is 17.2 Å². The van der Waals surface area contributed by atoms with Crippen LogP contribution in [-0.2, 0) is 9.53 Å². The topological polar surface area (TPSA) is 77.0 Å². The average molecular weight is 269 g/mol. The molecule has 0 fully saturated rings. The largest absolute Gasteiger partial charge is 0.497 e. The summed E-state index contributed by atoms with van der Waals surface area (Å²) < 4.78 is 14.8. The first-order chi connectivity index (χ1) is 9.10. The molecule has 0 spiro atoms. The molecular weight excluding hydrogens is 250 g/mol. The summed E-state index contributed by atoms with van der Waals surface area (Å²) in [6.45, 7) is 0.207. The number of aliphatic hydroxyl groups excluding tert-OH is 1. The first kappa shape index (κ1) is 15.1. The molecule has 1 atom stereocenters. The Morgan fingerprint density at radius 3 is 2.63 bits per heavy atom. The van der Waals surface area contributed by atoms with Crippen LogP contribution in [0.2, 0.25) is 0 Å². The molecule has 1 aromatic carbocycles. The summed E-state index contributed by atoms with van der Waals surface area (Å²) in [5.74, 6) is 0.851. The Balaban J connectivity index is 2.62. The second-order valence-corrected chi connectivity index (χ2v) is 3.88. The molecule has 1 aromatic rings. The van der Waals surface area contributed by atoms with Crippen molar-refractivity contribution in [2.24, 2.45) is 0 Å². The number of anilines is 1. The van der Waals surface area contributed by atoms with Gasteiger partial charge in [-0.25, -0.2) is 0 Å². The van der Waals surface area contributed by atoms with E-state index in [-0.39, 0.29) is 13.0 Å². The van der Waals surface area contributed by atoms with E-state index >= 15 is 0 Å². The van der Waals surface area contributed by atoms with E-state index in [2.05, 4.69) is 10.1 Å². The van der Waals surface area contributed by atoms with Gasteiger partial charge in [-0.15, -0.1) is 0 Å². The van der Waals surface area contributed by atoms with Crippen LogP contribution in [0.25, 0.3) is 0 Å². The lowest BCUT2D eigenvalue weighted by atomic mass is 10.2. The van der Waals surface area contributed by atoms with Crippen LogP contribution in [0, 0.1) is 0 Å². The number of hydrogen-bond acceptors (Lipinski definition) is 6. The van der Waals surface area contributed by atoms with E-state index in [9.17, 15) is 9.90 Å². The lowest BCUT2D eigenvalue weighted by molar-refractivity contribution is -0.142. The fraction of sp³-hybridized carbons (Fsp3) is 0.462. The molecule has 0 aliphatic carbocycles. The Labute approximate surface area is 112 Å². The Morgan fingerprint density at radius 1 is 1.32 bits per heavy atom. The third kappa shape index (κ3) is 4.67. The van der Waals surface area contributed by atoms with Crippen LogP contribution in [0.4, 0.5) is 5.69 Å². The van der Waals surface area contributed by atoms with Crippen LogP contribution in [0.5, 0.6) is 11.5 Å². The lowest BCUT2D eigenvalue weighted by Gasteiger charge is -2.15. The summed E-state index contributed by atoms with van der Waals surface area (Å²) in [7, 11) is 4.41. The highest BCUT2D eigenvalue weighted by atomic mass is 16.5. The van der Waals surface area contributed by atoms with E-state index < -0.39 is 12.1 Å². The number of esters is 1. The molecule has 6 heteroatoms. The van der Waals surface area contributed by atoms with E-state index in [1.165, 1.54) is 7.11 Å². The normalized spacial score (nSPS) is 11.6. The van der Waals surface area contributed by atoms with Crippen molar-refractivity contribution in [2.75, 3.05) is 33.2 Å². The fourth-order valence-corrected chi connectivity index (χ4v) is 1.53. The smallest absolute Gasteiger partial charge is 0.308 e. The minimum absolute atomic E-state index is 0.0597. The Morgan fingerprint density at radius 2 is 2.05 bits per heavy atom. The molecule has 6 nitrogen and oxygen atoms in total. The Kier molecular flexibility index (Phi) is 5.95. The second kappa shape index (κ2) is 7.48. The molecule has 2 N–H and O–H groups in total. The number of nitrogens with one attached hydrogen (secondary N) is 1. The van der Waals surface area contributed by atoms with E-state index in [4.69, 9.17) is 9.47 Å². The molecule has 0 radical (unpaired) electrons. The maximum absolute atomic E-state index is 11.0. The first-order valence-corrected chi connectivity index (χ1v) is 5.81. The van der Waals surface area contributed by atoms with E-state index in [1.807, 2.05) is 0 Å². The zero-order valence-corrected chi connectivity index (χ0v) is 11.3. The van der Waals surface area contributed by atoms with Crippen molar-refractivity contribution >= 4 is 11.7 Å². The average Bonchev–Trinajstić information content (AvgIpc) is 2.44. The van der Waals surface area contributed by atoms with Crippen molar-refractivity contribution < 1.29 is 24.1 Å². The third-order valence-electron chi connectivity index (χ3n) is 2.56. The number of hydrogen-bond donors (Lipinski definition) is 2. The van der Waals surface area contributed by atoms with Gasteiger partial charge in [0.2, 0.25) is 0 Å². The van der Waals surface area contributed by atoms with Crippen molar-refractivity contribution in [3.05, 3.63) is 18.2 Å². The maximum atomic E-state index is 11.0. The zero-order valence-electron chi connectivity index (χ0n) is 11.3. The zero-order chi connectivity index (χ0) is 14.3. The van der Waals surface area contributed by atoms with Gasteiger partial charge in [0.1, 0.15) is 11.5 Å². The minimum Gasteiger partial charge on any atom is -0.497 e. The molecule has 0 aliphatic rings. The van der Waals surface area contributed by atoms with Crippen LogP contribution < -0.4 is 14.8 Å². The van der Waals surface area contributed by atoms with Gasteiger partial charge in [-0.3, -0.25) is 4.79 Å². The molecule has 0 saturated heterocycles. The molecule has 1 rings (SSSR count). The van der Waals surface area contributed by atoms with Crippen molar-refractivity contribution in [3.8, 4) is 11.5 Å². The third-order valence-corrected chi connectivity index (χ3v) is 2.56. The molecular formula is C13H19NO5. The van der Waals surface area contributed by atoms with Crippen molar-refractivity contribution in [1.82, 2.24) is 0 Å². The monoisotopic (exact) mass is 269 g/mol. The number of rotatable bonds is 7. The van der Waals surface area contributed by atoms with Gasteiger partial charge < -0.3 is 24.6 Å². The number of methoxy groups -OCH3 is 3. The molecule has 0 aromatic heterocycles. The van der Waals surface area contributed by atoms with E-state index in [1.54, 1.807) is 32.4 Å². The summed E-state index contributed by atoms with van der Waals surface area (Å²) in [5, 5.41) is 12.7. The van der Waals surface area contributed by atoms with Gasteiger partial charge in [-0.2, -0.15) is 0 Å². The van der Waals surface area contributed by atoms with Crippen LogP contribution in [0.3, 0.4) is 0 Å². The highest BCUT2D eigenvalue weighted by Gasteiger charge is 2.12. The summed E-state index contributed by atoms with van der Waals surface area (Å²) >= 11 is 0. The van der Waals surface area contributed by atoms with Gasteiger partial charge in [0.15, 0.2) is 0 Å². The second-order valence-electron chi connectivity index (χ2n) is 3.88. The Hall–Kier alpha value is -1.95. The van der Waals surface area contributed by atoms with E-state index in [0.717, 1.165) is 0 Å². The molecule has 19 heavy (non-hydrogen) atoms. The molecule has 0 amide bonds. The molecule has 0 saturated carbocycles. The van der Waals surface area contributed by atoms with Crippen molar-refractivity contribution in [1.29, 1.82) is 0 Å². The Bertz CT molecular complexity index is 421. The minimum atomic E-state index is -0.830. The summed E-state index contributed by atoms with van der Waals surface area (Å²) in [6, 6.07) is 5.28. The lowest BCUT2D eigenvalue weighted by Crippen LogP contribution is -2.23. The standard InChI is InChI=1S/C13H19NO5/c1-17-10-4-5-12(18-2)11(7-10)14-8-9(15)6-13(16)19-3/h4-5,7,9,14-15H,6,8H2,1-3H3. The van der Waals surface area contributed by atoms with Gasteiger partial charge in [-0.05, 0) is 12.1 Å². The van der Waals surface area contributed by atoms with Gasteiger partial charge in [0.05, 0.1) is 39.5 Å². The van der Waals surface area contributed by atoms with Crippen molar-refractivity contribution in [3.63, 3.8) is 0 Å². The number of benzene rings is 1. The summed E-state index contributed by atoms with van der Waals surface area (Å²) in [6.07, 6.45) is -0.890.